The van der Waals surface area contributed by atoms with Gasteiger partial charge in [0.25, 0.3) is 11.5 Å². The molecule has 0 atom stereocenters. The monoisotopic (exact) mass is 429 g/mol. The Balaban J connectivity index is 1.55. The summed E-state index contributed by atoms with van der Waals surface area (Å²) in [6.07, 6.45) is 2.76. The lowest BCUT2D eigenvalue weighted by atomic mass is 10.1. The number of aromatic nitrogens is 3. The second kappa shape index (κ2) is 8.59. The van der Waals surface area contributed by atoms with Crippen LogP contribution < -0.4 is 5.56 Å². The van der Waals surface area contributed by atoms with E-state index in [-0.39, 0.29) is 11.5 Å². The Bertz CT molecular complexity index is 1320. The normalized spacial score (nSPS) is 15.0. The van der Waals surface area contributed by atoms with Gasteiger partial charge in [0.2, 0.25) is 0 Å². The zero-order valence-corrected chi connectivity index (χ0v) is 18.3. The lowest BCUT2D eigenvalue weighted by Crippen LogP contribution is -2.48. The van der Waals surface area contributed by atoms with E-state index in [1.54, 1.807) is 21.3 Å². The lowest BCUT2D eigenvalue weighted by Gasteiger charge is -2.34. The van der Waals surface area contributed by atoms with Crippen LogP contribution in [0.15, 0.2) is 65.6 Å². The molecule has 2 aromatic carbocycles. The Morgan fingerprint density at radius 1 is 0.938 bits per heavy atom. The van der Waals surface area contributed by atoms with Crippen LogP contribution in [0.1, 0.15) is 29.3 Å². The van der Waals surface area contributed by atoms with Gasteiger partial charge < -0.3 is 9.47 Å². The number of carbonyl (C=O) groups excluding carboxylic acids is 1. The summed E-state index contributed by atoms with van der Waals surface area (Å²) < 4.78 is 3.41. The number of fused-ring (bicyclic) bond motifs is 3. The van der Waals surface area contributed by atoms with E-state index in [2.05, 4.69) is 16.9 Å². The first-order chi connectivity index (χ1) is 15.7. The molecule has 7 nitrogen and oxygen atoms in total. The number of amides is 1. The summed E-state index contributed by atoms with van der Waals surface area (Å²) in [7, 11) is 0. The molecule has 3 heterocycles. The van der Waals surface area contributed by atoms with Gasteiger partial charge in [0.1, 0.15) is 5.52 Å². The molecule has 164 valence electrons. The van der Waals surface area contributed by atoms with Crippen LogP contribution in [0.4, 0.5) is 0 Å². The minimum Gasteiger partial charge on any atom is -0.336 e. The van der Waals surface area contributed by atoms with Crippen LogP contribution >= 0.6 is 0 Å². The van der Waals surface area contributed by atoms with Crippen LogP contribution in [0.5, 0.6) is 0 Å². The number of nitrogens with zero attached hydrogens (tertiary/aromatic N) is 5. The summed E-state index contributed by atoms with van der Waals surface area (Å²) in [5, 5.41) is 4.35. The molecule has 0 bridgehead atoms. The fraction of sp³-hybridized carbons (Fsp3) is 0.320. The second-order valence-corrected chi connectivity index (χ2v) is 8.34. The van der Waals surface area contributed by atoms with Crippen molar-refractivity contribution in [3.63, 3.8) is 0 Å². The van der Waals surface area contributed by atoms with Crippen LogP contribution in [0.2, 0.25) is 0 Å². The first kappa shape index (κ1) is 20.5. The van der Waals surface area contributed by atoms with E-state index in [0.717, 1.165) is 50.2 Å². The van der Waals surface area contributed by atoms with Gasteiger partial charge in [-0.15, -0.1) is 0 Å². The zero-order valence-electron chi connectivity index (χ0n) is 18.3. The van der Waals surface area contributed by atoms with Crippen molar-refractivity contribution in [1.82, 2.24) is 24.0 Å². The molecule has 0 aliphatic carbocycles. The molecule has 1 amide bonds. The molecule has 1 aliphatic rings. The van der Waals surface area contributed by atoms with Crippen LogP contribution in [0, 0.1) is 0 Å². The predicted octanol–water partition coefficient (Wildman–Crippen LogP) is 2.87. The van der Waals surface area contributed by atoms with E-state index in [0.29, 0.717) is 23.1 Å². The molecule has 0 saturated carbocycles. The van der Waals surface area contributed by atoms with E-state index in [1.165, 1.54) is 0 Å². The van der Waals surface area contributed by atoms with Gasteiger partial charge in [0, 0.05) is 31.7 Å². The Morgan fingerprint density at radius 3 is 2.47 bits per heavy atom. The fourth-order valence-corrected chi connectivity index (χ4v) is 4.55. The molecular formula is C25H27N5O2. The first-order valence-corrected chi connectivity index (χ1v) is 11.2. The van der Waals surface area contributed by atoms with Crippen LogP contribution in [0.25, 0.3) is 16.6 Å². The van der Waals surface area contributed by atoms with E-state index < -0.39 is 0 Å². The highest BCUT2D eigenvalue weighted by atomic mass is 16.2. The van der Waals surface area contributed by atoms with Gasteiger partial charge in [-0.3, -0.25) is 14.5 Å². The molecule has 32 heavy (non-hydrogen) atoms. The summed E-state index contributed by atoms with van der Waals surface area (Å²) in [6.45, 7) is 6.95. The van der Waals surface area contributed by atoms with Gasteiger partial charge in [-0.05, 0) is 42.8 Å². The maximum Gasteiger partial charge on any atom is 0.277 e. The highest BCUT2D eigenvalue weighted by Gasteiger charge is 2.23. The van der Waals surface area contributed by atoms with Crippen LogP contribution in [-0.2, 0) is 6.54 Å². The maximum absolute atomic E-state index is 13.3. The van der Waals surface area contributed by atoms with Crippen LogP contribution in [0.3, 0.4) is 0 Å². The molecule has 5 rings (SSSR count). The molecule has 7 heteroatoms. The van der Waals surface area contributed by atoms with Gasteiger partial charge in [0.15, 0.2) is 0 Å². The summed E-state index contributed by atoms with van der Waals surface area (Å²) in [5.41, 5.74) is 3.57. The molecule has 0 N–H and O–H groups in total. The number of carbonyl (C=O) groups is 1. The molecule has 0 spiro atoms. The average molecular weight is 430 g/mol. The standard InChI is InChI=1S/C25H27N5O2/c1-2-12-27-13-15-28(16-14-27)24(31)20-8-9-21-23(17-20)29(18-19-6-4-3-5-7-19)25(32)22-10-11-26-30(21)22/h3-11,17H,2,12-16,18H2,1H3. The molecule has 0 radical (unpaired) electrons. The largest absolute Gasteiger partial charge is 0.336 e. The highest BCUT2D eigenvalue weighted by molar-refractivity contribution is 5.97. The van der Waals surface area contributed by atoms with Crippen molar-refractivity contribution >= 4 is 22.5 Å². The Morgan fingerprint density at radius 2 is 1.72 bits per heavy atom. The fourth-order valence-electron chi connectivity index (χ4n) is 4.55. The third-order valence-corrected chi connectivity index (χ3v) is 6.23. The number of hydrogen-bond acceptors (Lipinski definition) is 4. The van der Waals surface area contributed by atoms with Gasteiger partial charge >= 0.3 is 0 Å². The summed E-state index contributed by atoms with van der Waals surface area (Å²) >= 11 is 0. The SMILES string of the molecule is CCCN1CCN(C(=O)c2ccc3c(c2)n(Cc2ccccc2)c(=O)c2ccnn23)CC1. The molecular weight excluding hydrogens is 402 g/mol. The summed E-state index contributed by atoms with van der Waals surface area (Å²) in [4.78, 5) is 30.9. The number of benzene rings is 2. The summed E-state index contributed by atoms with van der Waals surface area (Å²) in [6, 6.07) is 17.2. The van der Waals surface area contributed by atoms with Crippen molar-refractivity contribution < 1.29 is 4.79 Å². The predicted molar refractivity (Wildman–Crippen MR) is 125 cm³/mol. The smallest absolute Gasteiger partial charge is 0.277 e. The van der Waals surface area contributed by atoms with Crippen molar-refractivity contribution in [3.05, 3.63) is 82.3 Å². The average Bonchev–Trinajstić information content (AvgIpc) is 3.33. The Kier molecular flexibility index (Phi) is 5.49. The van der Waals surface area contributed by atoms with Crippen molar-refractivity contribution in [3.8, 4) is 0 Å². The lowest BCUT2D eigenvalue weighted by molar-refractivity contribution is 0.0637. The number of hydrogen-bond donors (Lipinski definition) is 0. The van der Waals surface area contributed by atoms with E-state index >= 15 is 0 Å². The van der Waals surface area contributed by atoms with Crippen molar-refractivity contribution in [2.75, 3.05) is 32.7 Å². The van der Waals surface area contributed by atoms with E-state index in [1.807, 2.05) is 53.4 Å². The number of rotatable bonds is 5. The van der Waals surface area contributed by atoms with E-state index in [9.17, 15) is 9.59 Å². The molecule has 1 fully saturated rings. The van der Waals surface area contributed by atoms with Crippen LogP contribution in [-0.4, -0.2) is 62.6 Å². The van der Waals surface area contributed by atoms with Gasteiger partial charge in [-0.2, -0.15) is 5.10 Å². The van der Waals surface area contributed by atoms with Crippen molar-refractivity contribution in [2.24, 2.45) is 0 Å². The van der Waals surface area contributed by atoms with Gasteiger partial charge in [-0.25, -0.2) is 4.52 Å². The molecule has 2 aromatic heterocycles. The van der Waals surface area contributed by atoms with Crippen molar-refractivity contribution in [2.45, 2.75) is 19.9 Å². The Labute approximate surface area is 186 Å². The number of piperazine rings is 1. The maximum atomic E-state index is 13.3. The minimum absolute atomic E-state index is 0.0160. The third-order valence-electron chi connectivity index (χ3n) is 6.23. The Hall–Kier alpha value is -3.45. The highest BCUT2D eigenvalue weighted by Crippen LogP contribution is 2.19. The quantitative estimate of drug-likeness (QED) is 0.489. The van der Waals surface area contributed by atoms with Gasteiger partial charge in [0.05, 0.1) is 23.8 Å². The molecule has 4 aromatic rings. The topological polar surface area (TPSA) is 62.8 Å². The minimum atomic E-state index is -0.114. The zero-order chi connectivity index (χ0) is 22.1. The van der Waals surface area contributed by atoms with Gasteiger partial charge in [-0.1, -0.05) is 37.3 Å². The summed E-state index contributed by atoms with van der Waals surface area (Å²) in [5.74, 6) is 0.0160. The first-order valence-electron chi connectivity index (χ1n) is 11.2. The van der Waals surface area contributed by atoms with Crippen molar-refractivity contribution in [1.29, 1.82) is 0 Å². The van der Waals surface area contributed by atoms with E-state index in [4.69, 9.17) is 0 Å². The second-order valence-electron chi connectivity index (χ2n) is 8.34. The third kappa shape index (κ3) is 3.69. The molecule has 1 aliphatic heterocycles. The molecule has 0 unspecified atom stereocenters. The molecule has 1 saturated heterocycles.